The monoisotopic (exact) mass is 411 g/mol. The van der Waals surface area contributed by atoms with Gasteiger partial charge in [-0.15, -0.1) is 0 Å². The number of aryl methyl sites for hydroxylation is 1. The normalized spacial score (nSPS) is 14.0. The molecule has 8 nitrogen and oxygen atoms in total. The van der Waals surface area contributed by atoms with Crippen LogP contribution in [-0.4, -0.2) is 36.5 Å². The number of esters is 1. The highest BCUT2D eigenvalue weighted by Gasteiger charge is 2.17. The Morgan fingerprint density at radius 2 is 1.73 bits per heavy atom. The third-order valence-corrected chi connectivity index (χ3v) is 5.10. The minimum Gasteiger partial charge on any atom is -0.452 e. The zero-order valence-corrected chi connectivity index (χ0v) is 16.9. The molecule has 30 heavy (non-hydrogen) atoms. The van der Waals surface area contributed by atoms with Crippen LogP contribution < -0.4 is 10.2 Å². The molecule has 0 radical (unpaired) electrons. The molecule has 2 aromatic rings. The lowest BCUT2D eigenvalue weighted by Crippen LogP contribution is -2.24. The lowest BCUT2D eigenvalue weighted by atomic mass is 10.1. The van der Waals surface area contributed by atoms with Gasteiger partial charge in [0.1, 0.15) is 0 Å². The topological polar surface area (TPSA) is 102 Å². The van der Waals surface area contributed by atoms with Crippen LogP contribution in [0.3, 0.4) is 0 Å². The van der Waals surface area contributed by atoms with Crippen LogP contribution >= 0.6 is 0 Å². The van der Waals surface area contributed by atoms with E-state index < -0.39 is 23.4 Å². The van der Waals surface area contributed by atoms with Crippen molar-refractivity contribution in [2.75, 3.05) is 29.9 Å². The van der Waals surface area contributed by atoms with Crippen molar-refractivity contribution >= 4 is 28.9 Å². The van der Waals surface area contributed by atoms with Gasteiger partial charge < -0.3 is 15.0 Å². The van der Waals surface area contributed by atoms with Crippen molar-refractivity contribution < 1.29 is 19.2 Å². The Bertz CT molecular complexity index is 919. The molecule has 1 N–H and O–H groups in total. The van der Waals surface area contributed by atoms with Gasteiger partial charge >= 0.3 is 5.97 Å². The second-order valence-electron chi connectivity index (χ2n) is 7.33. The molecule has 0 unspecified atom stereocenters. The highest BCUT2D eigenvalue weighted by Crippen LogP contribution is 2.22. The fourth-order valence-corrected chi connectivity index (χ4v) is 3.43. The van der Waals surface area contributed by atoms with Crippen molar-refractivity contribution in [3.05, 3.63) is 63.7 Å². The summed E-state index contributed by atoms with van der Waals surface area (Å²) in [5, 5.41) is 13.7. The van der Waals surface area contributed by atoms with E-state index in [9.17, 15) is 19.7 Å². The summed E-state index contributed by atoms with van der Waals surface area (Å²) in [6.07, 6.45) is 4.90. The van der Waals surface area contributed by atoms with Crippen LogP contribution in [-0.2, 0) is 9.53 Å². The Morgan fingerprint density at radius 3 is 2.37 bits per heavy atom. The van der Waals surface area contributed by atoms with Crippen molar-refractivity contribution in [1.82, 2.24) is 0 Å². The van der Waals surface area contributed by atoms with Gasteiger partial charge in [-0.05, 0) is 50.1 Å². The highest BCUT2D eigenvalue weighted by atomic mass is 16.6. The summed E-state index contributed by atoms with van der Waals surface area (Å²) >= 11 is 0. The zero-order chi connectivity index (χ0) is 21.5. The Labute approximate surface area is 175 Å². The minimum atomic E-state index is -0.787. The van der Waals surface area contributed by atoms with Gasteiger partial charge in [0, 0.05) is 36.1 Å². The lowest BCUT2D eigenvalue weighted by molar-refractivity contribution is -0.385. The standard InChI is InChI=1S/C22H25N3O5/c1-16-6-7-17(14-20(16)25(28)29)22(27)30-15-21(26)23-18-8-10-19(11-9-18)24-12-4-2-3-5-13-24/h6-11,14H,2-5,12-13,15H2,1H3,(H,23,26). The second-order valence-corrected chi connectivity index (χ2v) is 7.33. The van der Waals surface area contributed by atoms with Gasteiger partial charge in [-0.25, -0.2) is 4.79 Å². The van der Waals surface area contributed by atoms with E-state index in [1.807, 2.05) is 24.3 Å². The molecule has 0 atom stereocenters. The molecule has 1 heterocycles. The molecule has 0 saturated carbocycles. The van der Waals surface area contributed by atoms with Gasteiger partial charge in [-0.3, -0.25) is 14.9 Å². The number of hydrogen-bond donors (Lipinski definition) is 1. The molecular formula is C22H25N3O5. The highest BCUT2D eigenvalue weighted by molar-refractivity contribution is 5.95. The molecule has 1 fully saturated rings. The van der Waals surface area contributed by atoms with E-state index in [-0.39, 0.29) is 11.3 Å². The molecule has 2 aromatic carbocycles. The molecule has 158 valence electrons. The molecule has 3 rings (SSSR count). The zero-order valence-electron chi connectivity index (χ0n) is 16.9. The quantitative estimate of drug-likeness (QED) is 0.437. The maximum atomic E-state index is 12.1. The smallest absolute Gasteiger partial charge is 0.338 e. The summed E-state index contributed by atoms with van der Waals surface area (Å²) in [6.45, 7) is 3.19. The molecule has 1 aliphatic rings. The number of nitrogens with one attached hydrogen (secondary N) is 1. The Hall–Kier alpha value is -3.42. The molecule has 0 aliphatic carbocycles. The molecular weight excluding hydrogens is 386 g/mol. The van der Waals surface area contributed by atoms with Crippen LogP contribution in [0.25, 0.3) is 0 Å². The number of benzene rings is 2. The van der Waals surface area contributed by atoms with E-state index in [4.69, 9.17) is 4.74 Å². The van der Waals surface area contributed by atoms with E-state index in [2.05, 4.69) is 10.2 Å². The molecule has 1 amide bonds. The Balaban J connectivity index is 1.52. The second kappa shape index (κ2) is 9.87. The molecule has 0 bridgehead atoms. The lowest BCUT2D eigenvalue weighted by Gasteiger charge is -2.22. The number of amides is 1. The van der Waals surface area contributed by atoms with Crippen molar-refractivity contribution in [1.29, 1.82) is 0 Å². The number of nitro benzene ring substituents is 1. The fourth-order valence-electron chi connectivity index (χ4n) is 3.43. The molecule has 8 heteroatoms. The van der Waals surface area contributed by atoms with Crippen molar-refractivity contribution in [2.24, 2.45) is 0 Å². The number of anilines is 2. The molecule has 1 saturated heterocycles. The third kappa shape index (κ3) is 5.56. The molecule has 0 spiro atoms. The summed E-state index contributed by atoms with van der Waals surface area (Å²) in [5.41, 5.74) is 2.04. The van der Waals surface area contributed by atoms with Crippen molar-refractivity contribution in [3.8, 4) is 0 Å². The number of carbonyl (C=O) groups is 2. The van der Waals surface area contributed by atoms with Gasteiger partial charge in [-0.1, -0.05) is 18.9 Å². The van der Waals surface area contributed by atoms with Crippen molar-refractivity contribution in [2.45, 2.75) is 32.6 Å². The maximum Gasteiger partial charge on any atom is 0.338 e. The maximum absolute atomic E-state index is 12.1. The Morgan fingerprint density at radius 1 is 1.07 bits per heavy atom. The average molecular weight is 411 g/mol. The first-order chi connectivity index (χ1) is 14.4. The van der Waals surface area contributed by atoms with E-state index in [1.54, 1.807) is 6.92 Å². The summed E-state index contributed by atoms with van der Waals surface area (Å²) in [5.74, 6) is -1.27. The molecule has 1 aliphatic heterocycles. The van der Waals surface area contributed by atoms with Crippen LogP contribution in [0.1, 0.15) is 41.6 Å². The third-order valence-electron chi connectivity index (χ3n) is 5.10. The van der Waals surface area contributed by atoms with Gasteiger partial charge in [0.2, 0.25) is 0 Å². The number of hydrogen-bond acceptors (Lipinski definition) is 6. The number of nitrogens with zero attached hydrogens (tertiary/aromatic N) is 2. The van der Waals surface area contributed by atoms with Crippen LogP contribution in [0.2, 0.25) is 0 Å². The SMILES string of the molecule is Cc1ccc(C(=O)OCC(=O)Nc2ccc(N3CCCCCC3)cc2)cc1[N+](=O)[O-]. The van der Waals surface area contributed by atoms with Gasteiger partial charge in [-0.2, -0.15) is 0 Å². The number of ether oxygens (including phenoxy) is 1. The van der Waals surface area contributed by atoms with E-state index in [0.717, 1.165) is 24.8 Å². The first-order valence-corrected chi connectivity index (χ1v) is 10.0. The largest absolute Gasteiger partial charge is 0.452 e. The minimum absolute atomic E-state index is 0.0295. The summed E-state index contributed by atoms with van der Waals surface area (Å²) < 4.78 is 4.99. The van der Waals surface area contributed by atoms with Gasteiger partial charge in [0.25, 0.3) is 11.6 Å². The fraction of sp³-hybridized carbons (Fsp3) is 0.364. The summed E-state index contributed by atoms with van der Waals surface area (Å²) in [4.78, 5) is 37.0. The summed E-state index contributed by atoms with van der Waals surface area (Å²) in [7, 11) is 0. The Kier molecular flexibility index (Phi) is 7.00. The predicted molar refractivity (Wildman–Crippen MR) is 114 cm³/mol. The molecule has 0 aromatic heterocycles. The number of nitro groups is 1. The average Bonchev–Trinajstić information content (AvgIpc) is 3.02. The first kappa shape index (κ1) is 21.3. The van der Waals surface area contributed by atoms with Crippen molar-refractivity contribution in [3.63, 3.8) is 0 Å². The van der Waals surface area contributed by atoms with Crippen LogP contribution in [0.5, 0.6) is 0 Å². The predicted octanol–water partition coefficient (Wildman–Crippen LogP) is 4.08. The van der Waals surface area contributed by atoms with E-state index >= 15 is 0 Å². The van der Waals surface area contributed by atoms with Gasteiger partial charge in [0.05, 0.1) is 10.5 Å². The van der Waals surface area contributed by atoms with Crippen LogP contribution in [0.4, 0.5) is 17.1 Å². The van der Waals surface area contributed by atoms with Crippen LogP contribution in [0, 0.1) is 17.0 Å². The van der Waals surface area contributed by atoms with Gasteiger partial charge in [0.15, 0.2) is 6.61 Å². The van der Waals surface area contributed by atoms with E-state index in [1.165, 1.54) is 37.8 Å². The summed E-state index contributed by atoms with van der Waals surface area (Å²) in [6, 6.07) is 11.6. The first-order valence-electron chi connectivity index (χ1n) is 10.0. The van der Waals surface area contributed by atoms with Crippen LogP contribution in [0.15, 0.2) is 42.5 Å². The number of rotatable bonds is 6. The number of carbonyl (C=O) groups excluding carboxylic acids is 2. The van der Waals surface area contributed by atoms with E-state index in [0.29, 0.717) is 11.3 Å².